The molecule has 0 bridgehead atoms. The summed E-state index contributed by atoms with van der Waals surface area (Å²) in [5.74, 6) is 0. The Morgan fingerprint density at radius 2 is 1.56 bits per heavy atom. The summed E-state index contributed by atoms with van der Waals surface area (Å²) in [6.07, 6.45) is 0. The van der Waals surface area contributed by atoms with Crippen LogP contribution in [0.25, 0.3) is 22.2 Å². The zero-order valence-corrected chi connectivity index (χ0v) is 10.1. The number of hydrogen-bond acceptors (Lipinski definition) is 1. The van der Waals surface area contributed by atoms with Crippen LogP contribution in [0.1, 0.15) is 5.56 Å². The van der Waals surface area contributed by atoms with Crippen LogP contribution in [0.4, 0.5) is 0 Å². The first-order chi connectivity index (χ1) is 8.75. The van der Waals surface area contributed by atoms with Crippen molar-refractivity contribution in [2.45, 2.75) is 6.92 Å². The van der Waals surface area contributed by atoms with E-state index in [1.807, 2.05) is 67.6 Å². The fourth-order valence-corrected chi connectivity index (χ4v) is 2.12. The largest absolute Gasteiger partial charge is 0.618 e. The Labute approximate surface area is 106 Å². The summed E-state index contributed by atoms with van der Waals surface area (Å²) in [6.45, 7) is 2.04. The lowest BCUT2D eigenvalue weighted by Gasteiger charge is -2.07. The van der Waals surface area contributed by atoms with E-state index in [4.69, 9.17) is 0 Å². The van der Waals surface area contributed by atoms with Crippen LogP contribution in [0.2, 0.25) is 0 Å². The maximum Gasteiger partial charge on any atom is 0.224 e. The molecule has 2 aromatic carbocycles. The zero-order valence-electron chi connectivity index (χ0n) is 10.1. The van der Waals surface area contributed by atoms with Crippen LogP contribution in [0, 0.1) is 12.1 Å². The Morgan fingerprint density at radius 1 is 0.833 bits per heavy atom. The molecule has 88 valence electrons. The molecule has 1 heterocycles. The third-order valence-corrected chi connectivity index (χ3v) is 3.14. The summed E-state index contributed by atoms with van der Waals surface area (Å²) in [4.78, 5) is 0. The Morgan fingerprint density at radius 3 is 2.33 bits per heavy atom. The van der Waals surface area contributed by atoms with Gasteiger partial charge in [0.05, 0.1) is 0 Å². The summed E-state index contributed by atoms with van der Waals surface area (Å²) in [5.41, 5.74) is 3.53. The second-order valence-electron chi connectivity index (χ2n) is 4.44. The topological polar surface area (TPSA) is 26.9 Å². The number of rotatable bonds is 1. The van der Waals surface area contributed by atoms with Crippen LogP contribution in [-0.2, 0) is 0 Å². The number of benzene rings is 2. The molecule has 0 N–H and O–H groups in total. The molecule has 18 heavy (non-hydrogen) atoms. The molecular weight excluding hydrogens is 222 g/mol. The van der Waals surface area contributed by atoms with Crippen molar-refractivity contribution in [2.24, 2.45) is 0 Å². The van der Waals surface area contributed by atoms with Crippen molar-refractivity contribution in [3.63, 3.8) is 0 Å². The summed E-state index contributed by atoms with van der Waals surface area (Å²) in [6, 6.07) is 19.5. The van der Waals surface area contributed by atoms with Crippen molar-refractivity contribution in [1.29, 1.82) is 0 Å². The van der Waals surface area contributed by atoms with Crippen molar-refractivity contribution in [2.75, 3.05) is 0 Å². The van der Waals surface area contributed by atoms with Gasteiger partial charge in [-0.15, -0.1) is 0 Å². The molecule has 0 aliphatic heterocycles. The van der Waals surface area contributed by atoms with E-state index in [1.165, 1.54) is 5.56 Å². The quantitative estimate of drug-likeness (QED) is 0.469. The van der Waals surface area contributed by atoms with Crippen LogP contribution in [0.3, 0.4) is 0 Å². The van der Waals surface area contributed by atoms with E-state index >= 15 is 0 Å². The highest BCUT2D eigenvalue weighted by molar-refractivity contribution is 5.77. The van der Waals surface area contributed by atoms with Gasteiger partial charge < -0.3 is 5.21 Å². The van der Waals surface area contributed by atoms with Gasteiger partial charge in [-0.05, 0) is 31.2 Å². The number of aromatic nitrogens is 1. The predicted molar refractivity (Wildman–Crippen MR) is 73.1 cm³/mol. The SMILES string of the molecule is Cc1ccc(-c2ccc3ccccc3[n+]2[O-])cc1. The number of hydrogen-bond donors (Lipinski definition) is 0. The van der Waals surface area contributed by atoms with Crippen LogP contribution in [0.15, 0.2) is 60.7 Å². The lowest BCUT2D eigenvalue weighted by molar-refractivity contribution is -0.565. The molecule has 0 radical (unpaired) electrons. The highest BCUT2D eigenvalue weighted by atomic mass is 16.5. The number of pyridine rings is 1. The average Bonchev–Trinajstić information content (AvgIpc) is 2.41. The van der Waals surface area contributed by atoms with Crippen LogP contribution in [-0.4, -0.2) is 0 Å². The summed E-state index contributed by atoms with van der Waals surface area (Å²) < 4.78 is 1.00. The monoisotopic (exact) mass is 235 g/mol. The summed E-state index contributed by atoms with van der Waals surface area (Å²) in [5, 5.41) is 13.3. The fraction of sp³-hybridized carbons (Fsp3) is 0.0625. The van der Waals surface area contributed by atoms with Crippen molar-refractivity contribution in [3.8, 4) is 11.3 Å². The molecule has 0 aliphatic carbocycles. The Kier molecular flexibility index (Phi) is 2.49. The Hall–Kier alpha value is -2.35. The molecular formula is C16H13NO. The number of aryl methyl sites for hydroxylation is 1. The maximum absolute atomic E-state index is 12.3. The van der Waals surface area contributed by atoms with Crippen LogP contribution >= 0.6 is 0 Å². The smallest absolute Gasteiger partial charge is 0.224 e. The molecule has 3 rings (SSSR count). The number of nitrogens with zero attached hydrogens (tertiary/aromatic N) is 1. The molecule has 3 aromatic rings. The lowest BCUT2D eigenvalue weighted by atomic mass is 10.1. The van der Waals surface area contributed by atoms with E-state index in [2.05, 4.69) is 0 Å². The van der Waals surface area contributed by atoms with Gasteiger partial charge in [-0.2, -0.15) is 4.73 Å². The lowest BCUT2D eigenvalue weighted by Crippen LogP contribution is -2.29. The minimum Gasteiger partial charge on any atom is -0.618 e. The zero-order chi connectivity index (χ0) is 12.5. The van der Waals surface area contributed by atoms with Gasteiger partial charge >= 0.3 is 0 Å². The van der Waals surface area contributed by atoms with Gasteiger partial charge in [0, 0.05) is 23.1 Å². The first kappa shape index (κ1) is 10.8. The molecule has 0 atom stereocenters. The minimum atomic E-state index is 0.689. The Balaban J connectivity index is 2.24. The first-order valence-electron chi connectivity index (χ1n) is 5.94. The van der Waals surface area contributed by atoms with Crippen LogP contribution in [0.5, 0.6) is 0 Å². The van der Waals surface area contributed by atoms with E-state index in [-0.39, 0.29) is 0 Å². The third kappa shape index (κ3) is 1.72. The molecule has 0 spiro atoms. The molecule has 2 heteroatoms. The van der Waals surface area contributed by atoms with Gasteiger partial charge in [0.15, 0.2) is 0 Å². The molecule has 0 saturated heterocycles. The summed E-state index contributed by atoms with van der Waals surface area (Å²) >= 11 is 0. The van der Waals surface area contributed by atoms with Gasteiger partial charge in [0.1, 0.15) is 0 Å². The average molecular weight is 235 g/mol. The van der Waals surface area contributed by atoms with Crippen molar-refractivity contribution in [1.82, 2.24) is 0 Å². The minimum absolute atomic E-state index is 0.689. The molecule has 0 amide bonds. The molecule has 1 aromatic heterocycles. The van der Waals surface area contributed by atoms with Gasteiger partial charge in [-0.3, -0.25) is 0 Å². The number of para-hydroxylation sites is 1. The normalized spacial score (nSPS) is 10.7. The second kappa shape index (κ2) is 4.15. The predicted octanol–water partition coefficient (Wildman–Crippen LogP) is 3.45. The first-order valence-corrected chi connectivity index (χ1v) is 5.94. The second-order valence-corrected chi connectivity index (χ2v) is 4.44. The van der Waals surface area contributed by atoms with Gasteiger partial charge in [-0.1, -0.05) is 29.8 Å². The Bertz CT molecular complexity index is 702. The summed E-state index contributed by atoms with van der Waals surface area (Å²) in [7, 11) is 0. The van der Waals surface area contributed by atoms with Gasteiger partial charge in [0.2, 0.25) is 11.2 Å². The van der Waals surface area contributed by atoms with E-state index in [1.54, 1.807) is 0 Å². The number of fused-ring (bicyclic) bond motifs is 1. The van der Waals surface area contributed by atoms with Crippen molar-refractivity contribution >= 4 is 10.9 Å². The highest BCUT2D eigenvalue weighted by Gasteiger charge is 2.11. The third-order valence-electron chi connectivity index (χ3n) is 3.14. The van der Waals surface area contributed by atoms with E-state index in [0.717, 1.165) is 15.7 Å². The van der Waals surface area contributed by atoms with Crippen molar-refractivity contribution in [3.05, 3.63) is 71.4 Å². The van der Waals surface area contributed by atoms with E-state index < -0.39 is 0 Å². The van der Waals surface area contributed by atoms with E-state index in [0.29, 0.717) is 11.2 Å². The fourth-order valence-electron chi connectivity index (χ4n) is 2.12. The molecule has 2 nitrogen and oxygen atoms in total. The maximum atomic E-state index is 12.3. The van der Waals surface area contributed by atoms with Crippen molar-refractivity contribution < 1.29 is 4.73 Å². The molecule has 0 unspecified atom stereocenters. The van der Waals surface area contributed by atoms with Gasteiger partial charge in [-0.25, -0.2) is 0 Å². The molecule has 0 saturated carbocycles. The molecule has 0 aliphatic rings. The molecule has 0 fully saturated rings. The highest BCUT2D eigenvalue weighted by Crippen LogP contribution is 2.19. The standard InChI is InChI=1S/C16H13NO/c1-12-6-8-14(9-7-12)16-11-10-13-4-2-3-5-15(13)17(16)18/h2-11H,1H3. The van der Waals surface area contributed by atoms with Crippen LogP contribution < -0.4 is 4.73 Å². The van der Waals surface area contributed by atoms with E-state index in [9.17, 15) is 5.21 Å². The van der Waals surface area contributed by atoms with Gasteiger partial charge in [0.25, 0.3) is 0 Å².